The van der Waals surface area contributed by atoms with Crippen molar-refractivity contribution < 1.29 is 39.5 Å². The van der Waals surface area contributed by atoms with Gasteiger partial charge in [-0.1, -0.05) is 0 Å². The number of carbonyl (C=O) groups is 3. The van der Waals surface area contributed by atoms with E-state index >= 15 is 0 Å². The van der Waals surface area contributed by atoms with E-state index in [0.717, 1.165) is 12.3 Å². The predicted molar refractivity (Wildman–Crippen MR) is 68.2 cm³/mol. The second-order valence-corrected chi connectivity index (χ2v) is 4.74. The maximum Gasteiger partial charge on any atom is 0.335 e. The fourth-order valence-electron chi connectivity index (χ4n) is 1.07. The van der Waals surface area contributed by atoms with Gasteiger partial charge in [-0.3, -0.25) is 5.32 Å². The lowest BCUT2D eigenvalue weighted by molar-refractivity contribution is -0.165. The fraction of sp³-hybridized carbons (Fsp3) is 0.700. The van der Waals surface area contributed by atoms with Crippen LogP contribution in [0.3, 0.4) is 0 Å². The lowest BCUT2D eigenvalue weighted by Gasteiger charge is -2.07. The van der Waals surface area contributed by atoms with Gasteiger partial charge in [0.2, 0.25) is 0 Å². The molecule has 116 valence electrons. The number of carboxylic acids is 2. The molecule has 0 radical (unpaired) electrons. The van der Waals surface area contributed by atoms with Crippen molar-refractivity contribution >= 4 is 29.7 Å². The van der Waals surface area contributed by atoms with E-state index in [1.165, 1.54) is 0 Å². The van der Waals surface area contributed by atoms with Crippen LogP contribution in [0.2, 0.25) is 0 Å². The van der Waals surface area contributed by atoms with Crippen LogP contribution >= 0.6 is 11.8 Å². The van der Waals surface area contributed by atoms with Crippen LogP contribution in [0.25, 0.3) is 0 Å². The minimum absolute atomic E-state index is 0.111. The van der Waals surface area contributed by atoms with Crippen molar-refractivity contribution in [1.82, 2.24) is 5.32 Å². The van der Waals surface area contributed by atoms with Gasteiger partial charge in [-0.2, -0.15) is 0 Å². The van der Waals surface area contributed by atoms with Gasteiger partial charge in [-0.15, -0.1) is 11.8 Å². The van der Waals surface area contributed by atoms with Crippen molar-refractivity contribution in [3.63, 3.8) is 0 Å². The molecule has 0 amide bonds. The van der Waals surface area contributed by atoms with Gasteiger partial charge in [0.05, 0.1) is 6.61 Å². The Morgan fingerprint density at radius 2 is 1.75 bits per heavy atom. The number of esters is 1. The van der Waals surface area contributed by atoms with Gasteiger partial charge in [0.15, 0.2) is 17.6 Å². The standard InChI is InChI=1S/C6H11NO2S.C4H6O6/c1-2-9-6(8)5-7-3-4-10-5;5-1(3(7)8)2(6)4(9)10/h5,7H,2-4H2,1H3;1-2,5-6H,(H,7,8)(H,9,10)/t5-;1-,2-/m01/s1. The van der Waals surface area contributed by atoms with Crippen LogP contribution in [-0.4, -0.2) is 74.8 Å². The lowest BCUT2D eigenvalue weighted by Crippen LogP contribution is -2.39. The van der Waals surface area contributed by atoms with E-state index in [-0.39, 0.29) is 11.3 Å². The molecular formula is C10H17NO8S. The first-order valence-electron chi connectivity index (χ1n) is 5.64. The zero-order valence-electron chi connectivity index (χ0n) is 10.7. The van der Waals surface area contributed by atoms with Crippen molar-refractivity contribution in [1.29, 1.82) is 0 Å². The third kappa shape index (κ3) is 6.70. The van der Waals surface area contributed by atoms with Crippen LogP contribution in [0, 0.1) is 0 Å². The van der Waals surface area contributed by atoms with Gasteiger partial charge in [0.25, 0.3) is 0 Å². The Morgan fingerprint density at radius 1 is 1.25 bits per heavy atom. The summed E-state index contributed by atoms with van der Waals surface area (Å²) >= 11 is 1.60. The summed E-state index contributed by atoms with van der Waals surface area (Å²) in [5.41, 5.74) is 0. The number of thioether (sulfide) groups is 1. The summed E-state index contributed by atoms with van der Waals surface area (Å²) in [5, 5.41) is 35.4. The number of aliphatic hydroxyl groups excluding tert-OH is 2. The number of rotatable bonds is 5. The third-order valence-electron chi connectivity index (χ3n) is 2.02. The normalized spacial score (nSPS) is 20.2. The van der Waals surface area contributed by atoms with Crippen LogP contribution < -0.4 is 5.32 Å². The third-order valence-corrected chi connectivity index (χ3v) is 3.15. The van der Waals surface area contributed by atoms with E-state index in [1.54, 1.807) is 11.8 Å². The van der Waals surface area contributed by atoms with Gasteiger partial charge in [0, 0.05) is 12.3 Å². The van der Waals surface area contributed by atoms with Gasteiger partial charge in [-0.05, 0) is 6.92 Å². The first-order chi connectivity index (χ1) is 9.31. The second kappa shape index (κ2) is 9.53. The number of carbonyl (C=O) groups excluding carboxylic acids is 1. The molecule has 9 nitrogen and oxygen atoms in total. The SMILES string of the molecule is CCOC(=O)[C@H]1NCCS1.O=C(O)[C@H](O)[C@@H](O)C(=O)O. The number of hydrogen-bond acceptors (Lipinski definition) is 8. The van der Waals surface area contributed by atoms with Gasteiger partial charge in [-0.25, -0.2) is 14.4 Å². The molecule has 1 rings (SSSR count). The number of nitrogens with one attached hydrogen (secondary N) is 1. The minimum atomic E-state index is -2.27. The lowest BCUT2D eigenvalue weighted by atomic mass is 10.2. The Bertz CT molecular complexity index is 326. The molecule has 0 aromatic heterocycles. The highest BCUT2D eigenvalue weighted by molar-refractivity contribution is 8.00. The highest BCUT2D eigenvalue weighted by atomic mass is 32.2. The average Bonchev–Trinajstić information content (AvgIpc) is 2.91. The minimum Gasteiger partial charge on any atom is -0.479 e. The second-order valence-electron chi connectivity index (χ2n) is 3.52. The summed E-state index contributed by atoms with van der Waals surface area (Å²) in [5.74, 6) is -2.67. The fourth-order valence-corrected chi connectivity index (χ4v) is 1.98. The first kappa shape index (κ1) is 18.6. The molecule has 0 aromatic rings. The Balaban J connectivity index is 0.000000361. The maximum atomic E-state index is 10.9. The first-order valence-corrected chi connectivity index (χ1v) is 6.69. The topological polar surface area (TPSA) is 153 Å². The number of aliphatic hydroxyl groups is 2. The van der Waals surface area contributed by atoms with E-state index in [2.05, 4.69) is 5.32 Å². The quantitative estimate of drug-likeness (QED) is 0.363. The van der Waals surface area contributed by atoms with Crippen LogP contribution in [0.1, 0.15) is 6.92 Å². The largest absolute Gasteiger partial charge is 0.479 e. The molecule has 1 saturated heterocycles. The highest BCUT2D eigenvalue weighted by Crippen LogP contribution is 2.14. The average molecular weight is 311 g/mol. The van der Waals surface area contributed by atoms with Crippen LogP contribution in [0.4, 0.5) is 0 Å². The maximum absolute atomic E-state index is 10.9. The van der Waals surface area contributed by atoms with Crippen molar-refractivity contribution in [3.8, 4) is 0 Å². The van der Waals surface area contributed by atoms with Crippen LogP contribution in [-0.2, 0) is 19.1 Å². The van der Waals surface area contributed by atoms with E-state index in [9.17, 15) is 14.4 Å². The summed E-state index contributed by atoms with van der Waals surface area (Å²) in [7, 11) is 0. The Kier molecular flexibility index (Phi) is 8.88. The van der Waals surface area contributed by atoms with Gasteiger partial charge < -0.3 is 25.2 Å². The molecular weight excluding hydrogens is 294 g/mol. The molecule has 0 saturated carbocycles. The number of carboxylic acid groups (broad SMARTS) is 2. The molecule has 0 spiro atoms. The summed E-state index contributed by atoms with van der Waals surface area (Å²) in [6.07, 6.45) is -4.53. The molecule has 0 unspecified atom stereocenters. The van der Waals surface area contributed by atoms with Gasteiger partial charge >= 0.3 is 17.9 Å². The molecule has 0 aliphatic carbocycles. The highest BCUT2D eigenvalue weighted by Gasteiger charge is 2.29. The molecule has 0 bridgehead atoms. The zero-order valence-corrected chi connectivity index (χ0v) is 11.5. The Labute approximate surface area is 118 Å². The van der Waals surface area contributed by atoms with Crippen molar-refractivity contribution in [3.05, 3.63) is 0 Å². The van der Waals surface area contributed by atoms with Crippen molar-refractivity contribution in [2.24, 2.45) is 0 Å². The molecule has 1 fully saturated rings. The van der Waals surface area contributed by atoms with Crippen LogP contribution in [0.5, 0.6) is 0 Å². The summed E-state index contributed by atoms with van der Waals surface area (Å²) in [4.78, 5) is 30.5. The number of ether oxygens (including phenoxy) is 1. The molecule has 1 aliphatic heterocycles. The molecule has 0 aromatic carbocycles. The van der Waals surface area contributed by atoms with Crippen LogP contribution in [0.15, 0.2) is 0 Å². The van der Waals surface area contributed by atoms with E-state index < -0.39 is 24.1 Å². The van der Waals surface area contributed by atoms with E-state index in [4.69, 9.17) is 25.2 Å². The van der Waals surface area contributed by atoms with Gasteiger partial charge in [0.1, 0.15) is 0 Å². The number of hydrogen-bond donors (Lipinski definition) is 5. The Hall–Kier alpha value is -1.36. The summed E-state index contributed by atoms with van der Waals surface area (Å²) in [6.45, 7) is 3.20. The smallest absolute Gasteiger partial charge is 0.335 e. The predicted octanol–water partition coefficient (Wildman–Crippen LogP) is -1.91. The number of aliphatic carboxylic acids is 2. The molecule has 5 N–H and O–H groups in total. The molecule has 1 aliphatic rings. The van der Waals surface area contributed by atoms with E-state index in [1.807, 2.05) is 6.92 Å². The molecule has 1 heterocycles. The molecule has 20 heavy (non-hydrogen) atoms. The Morgan fingerprint density at radius 3 is 2.05 bits per heavy atom. The summed E-state index contributed by atoms with van der Waals surface area (Å²) < 4.78 is 4.80. The summed E-state index contributed by atoms with van der Waals surface area (Å²) in [6, 6.07) is 0. The molecule has 3 atom stereocenters. The van der Waals surface area contributed by atoms with Crippen molar-refractivity contribution in [2.45, 2.75) is 24.5 Å². The molecule has 10 heteroatoms. The monoisotopic (exact) mass is 311 g/mol. The zero-order chi connectivity index (χ0) is 15.7. The van der Waals surface area contributed by atoms with E-state index in [0.29, 0.717) is 6.61 Å². The van der Waals surface area contributed by atoms with Crippen molar-refractivity contribution in [2.75, 3.05) is 18.9 Å².